The van der Waals surface area contributed by atoms with E-state index in [1.54, 1.807) is 0 Å². The van der Waals surface area contributed by atoms with E-state index in [4.69, 9.17) is 0 Å². The van der Waals surface area contributed by atoms with Crippen LogP contribution in [0.3, 0.4) is 0 Å². The number of carbonyl (C=O) groups excluding carboxylic acids is 1. The first-order valence-corrected chi connectivity index (χ1v) is 9.33. The van der Waals surface area contributed by atoms with Crippen molar-refractivity contribution >= 4 is 11.6 Å². The molecule has 134 valence electrons. The highest BCUT2D eigenvalue weighted by molar-refractivity contribution is 5.91. The summed E-state index contributed by atoms with van der Waals surface area (Å²) in [5, 5.41) is 3.17. The molecule has 3 nitrogen and oxygen atoms in total. The van der Waals surface area contributed by atoms with Crippen molar-refractivity contribution in [2.45, 2.75) is 65.8 Å². The van der Waals surface area contributed by atoms with Crippen LogP contribution in [0.2, 0.25) is 0 Å². The number of amides is 1. The van der Waals surface area contributed by atoms with Crippen LogP contribution in [0.4, 0.5) is 5.69 Å². The van der Waals surface area contributed by atoms with Gasteiger partial charge in [0.15, 0.2) is 12.4 Å². The van der Waals surface area contributed by atoms with Gasteiger partial charge in [-0.3, -0.25) is 4.79 Å². The van der Waals surface area contributed by atoms with Gasteiger partial charge in [0, 0.05) is 17.8 Å². The molecule has 0 spiro atoms. The van der Waals surface area contributed by atoms with Crippen LogP contribution in [0.25, 0.3) is 0 Å². The molecule has 0 aliphatic rings. The van der Waals surface area contributed by atoms with E-state index in [1.807, 2.05) is 17.0 Å². The van der Waals surface area contributed by atoms with Gasteiger partial charge in [0.05, 0.1) is 0 Å². The number of hydrogen-bond acceptors (Lipinski definition) is 1. The van der Waals surface area contributed by atoms with Crippen molar-refractivity contribution in [3.8, 4) is 0 Å². The molecule has 0 aliphatic carbocycles. The second-order valence-corrected chi connectivity index (χ2v) is 7.30. The fourth-order valence-electron chi connectivity index (χ4n) is 3.09. The van der Waals surface area contributed by atoms with Crippen molar-refractivity contribution in [1.82, 2.24) is 0 Å². The number of aromatic nitrogens is 1. The molecular formula is C22H31N2O+. The quantitative estimate of drug-likeness (QED) is 0.721. The van der Waals surface area contributed by atoms with Gasteiger partial charge in [-0.25, -0.2) is 0 Å². The first-order valence-electron chi connectivity index (χ1n) is 9.33. The van der Waals surface area contributed by atoms with Gasteiger partial charge in [-0.15, -0.1) is 0 Å². The Bertz CT molecular complexity index is 676. The highest BCUT2D eigenvalue weighted by atomic mass is 16.1. The summed E-state index contributed by atoms with van der Waals surface area (Å²) in [4.78, 5) is 12.6. The topological polar surface area (TPSA) is 33.0 Å². The maximum absolute atomic E-state index is 12.6. The van der Waals surface area contributed by atoms with E-state index in [9.17, 15) is 4.79 Å². The lowest BCUT2D eigenvalue weighted by atomic mass is 9.92. The molecule has 1 aromatic carbocycles. The molecule has 0 bridgehead atoms. The van der Waals surface area contributed by atoms with Gasteiger partial charge < -0.3 is 5.32 Å². The average molecular weight is 340 g/mol. The SMILES string of the molecule is CCCc1cc[n+](CC(=O)Nc2c(C(C)C)cccc2C(C)C)cc1. The summed E-state index contributed by atoms with van der Waals surface area (Å²) in [5.74, 6) is 0.758. The molecule has 0 fully saturated rings. The number of pyridine rings is 1. The Hall–Kier alpha value is -2.16. The van der Waals surface area contributed by atoms with Crippen LogP contribution in [-0.4, -0.2) is 5.91 Å². The first kappa shape index (κ1) is 19.2. The van der Waals surface area contributed by atoms with Crippen LogP contribution in [-0.2, 0) is 17.8 Å². The van der Waals surface area contributed by atoms with Gasteiger partial charge in [-0.1, -0.05) is 59.2 Å². The molecule has 1 amide bonds. The number of carbonyl (C=O) groups is 1. The molecule has 25 heavy (non-hydrogen) atoms. The number of aryl methyl sites for hydroxylation is 1. The Morgan fingerprint density at radius 2 is 1.56 bits per heavy atom. The molecule has 0 saturated carbocycles. The van der Waals surface area contributed by atoms with Gasteiger partial charge in [-0.05, 0) is 34.9 Å². The maximum Gasteiger partial charge on any atom is 0.290 e. The van der Waals surface area contributed by atoms with Crippen LogP contribution < -0.4 is 9.88 Å². The number of rotatable bonds is 7. The zero-order valence-corrected chi connectivity index (χ0v) is 16.2. The summed E-state index contributed by atoms with van der Waals surface area (Å²) in [7, 11) is 0. The largest absolute Gasteiger partial charge is 0.320 e. The van der Waals surface area contributed by atoms with Crippen molar-refractivity contribution in [3.05, 3.63) is 59.4 Å². The Balaban J connectivity index is 2.17. The predicted octanol–water partition coefficient (Wildman–Crippen LogP) is 4.81. The van der Waals surface area contributed by atoms with Gasteiger partial charge in [0.2, 0.25) is 6.54 Å². The normalized spacial score (nSPS) is 11.2. The molecule has 1 N–H and O–H groups in total. The predicted molar refractivity (Wildman–Crippen MR) is 104 cm³/mol. The standard InChI is InChI=1S/C22H30N2O/c1-6-8-18-11-13-24(14-12-18)15-21(25)23-22-19(16(2)3)9-7-10-20(22)17(4)5/h7,9-14,16-17H,6,8,15H2,1-5H3/p+1. The minimum Gasteiger partial charge on any atom is -0.320 e. The second-order valence-electron chi connectivity index (χ2n) is 7.30. The monoisotopic (exact) mass is 339 g/mol. The minimum absolute atomic E-state index is 0.0169. The van der Waals surface area contributed by atoms with E-state index < -0.39 is 0 Å². The summed E-state index contributed by atoms with van der Waals surface area (Å²) >= 11 is 0. The highest BCUT2D eigenvalue weighted by Gasteiger charge is 2.17. The average Bonchev–Trinajstić information content (AvgIpc) is 2.56. The maximum atomic E-state index is 12.6. The molecule has 1 heterocycles. The zero-order chi connectivity index (χ0) is 18.4. The molecule has 0 atom stereocenters. The third-order valence-electron chi connectivity index (χ3n) is 4.46. The van der Waals surface area contributed by atoms with Crippen LogP contribution in [0.15, 0.2) is 42.7 Å². The number of hydrogen-bond donors (Lipinski definition) is 1. The van der Waals surface area contributed by atoms with Crippen LogP contribution in [0.1, 0.15) is 69.6 Å². The van der Waals surface area contributed by atoms with Crippen LogP contribution in [0.5, 0.6) is 0 Å². The van der Waals surface area contributed by atoms with Crippen molar-refractivity contribution in [1.29, 1.82) is 0 Å². The van der Waals surface area contributed by atoms with Crippen molar-refractivity contribution in [3.63, 3.8) is 0 Å². The summed E-state index contributed by atoms with van der Waals surface area (Å²) < 4.78 is 1.93. The van der Waals surface area contributed by atoms with Gasteiger partial charge in [0.25, 0.3) is 5.91 Å². The minimum atomic E-state index is 0.0169. The van der Waals surface area contributed by atoms with Crippen LogP contribution in [0, 0.1) is 0 Å². The molecular weight excluding hydrogens is 308 g/mol. The summed E-state index contributed by atoms with van der Waals surface area (Å²) in [5.41, 5.74) is 4.69. The van der Waals surface area contributed by atoms with Crippen molar-refractivity contribution in [2.24, 2.45) is 0 Å². The third-order valence-corrected chi connectivity index (χ3v) is 4.46. The number of para-hydroxylation sites is 1. The summed E-state index contributed by atoms with van der Waals surface area (Å²) in [6.45, 7) is 11.2. The molecule has 2 aromatic rings. The Labute approximate surface area is 152 Å². The summed E-state index contributed by atoms with van der Waals surface area (Å²) in [6, 6.07) is 10.5. The first-order chi connectivity index (χ1) is 11.9. The lowest BCUT2D eigenvalue weighted by Crippen LogP contribution is -2.39. The van der Waals surface area contributed by atoms with Crippen molar-refractivity contribution < 1.29 is 9.36 Å². The number of benzene rings is 1. The lowest BCUT2D eigenvalue weighted by Gasteiger charge is -2.19. The molecule has 0 unspecified atom stereocenters. The molecule has 0 aliphatic heterocycles. The second kappa shape index (κ2) is 8.80. The van der Waals surface area contributed by atoms with Gasteiger partial charge >= 0.3 is 0 Å². The van der Waals surface area contributed by atoms with E-state index in [2.05, 4.69) is 70.3 Å². The third kappa shape index (κ3) is 5.15. The Morgan fingerprint density at radius 1 is 1.00 bits per heavy atom. The van der Waals surface area contributed by atoms with E-state index in [0.29, 0.717) is 18.4 Å². The van der Waals surface area contributed by atoms with E-state index in [1.165, 1.54) is 16.7 Å². The zero-order valence-electron chi connectivity index (χ0n) is 16.2. The Morgan fingerprint density at radius 3 is 2.04 bits per heavy atom. The molecule has 0 radical (unpaired) electrons. The highest BCUT2D eigenvalue weighted by Crippen LogP contribution is 2.32. The van der Waals surface area contributed by atoms with E-state index >= 15 is 0 Å². The van der Waals surface area contributed by atoms with Gasteiger partial charge in [-0.2, -0.15) is 4.57 Å². The summed E-state index contributed by atoms with van der Waals surface area (Å²) in [6.07, 6.45) is 6.19. The van der Waals surface area contributed by atoms with E-state index in [-0.39, 0.29) is 5.91 Å². The number of nitrogens with one attached hydrogen (secondary N) is 1. The number of anilines is 1. The fourth-order valence-corrected chi connectivity index (χ4v) is 3.09. The van der Waals surface area contributed by atoms with Crippen LogP contribution >= 0.6 is 0 Å². The van der Waals surface area contributed by atoms with Gasteiger partial charge in [0.1, 0.15) is 0 Å². The Kier molecular flexibility index (Phi) is 6.74. The lowest BCUT2D eigenvalue weighted by molar-refractivity contribution is -0.684. The number of nitrogens with zero attached hydrogens (tertiary/aromatic N) is 1. The smallest absolute Gasteiger partial charge is 0.290 e. The van der Waals surface area contributed by atoms with E-state index in [0.717, 1.165) is 18.5 Å². The molecule has 1 aromatic heterocycles. The molecule has 0 saturated heterocycles. The molecule has 2 rings (SSSR count). The van der Waals surface area contributed by atoms with Crippen molar-refractivity contribution in [2.75, 3.05) is 5.32 Å². The fraction of sp³-hybridized carbons (Fsp3) is 0.455. The molecule has 3 heteroatoms.